The summed E-state index contributed by atoms with van der Waals surface area (Å²) in [6, 6.07) is 5.80. The molecule has 0 saturated heterocycles. The summed E-state index contributed by atoms with van der Waals surface area (Å²) in [6.45, 7) is 7.89. The third-order valence-electron chi connectivity index (χ3n) is 2.88. The van der Waals surface area contributed by atoms with E-state index in [0.717, 1.165) is 29.4 Å². The second-order valence-electron chi connectivity index (χ2n) is 4.12. The molecule has 0 saturated carbocycles. The first kappa shape index (κ1) is 14.6. The molecule has 20 heavy (non-hydrogen) atoms. The number of ether oxygens (including phenoxy) is 2. The molecule has 0 spiro atoms. The molecular formula is C14H19N3O2S. The molecular weight excluding hydrogens is 274 g/mol. The largest absolute Gasteiger partial charge is 0.490 e. The molecule has 1 heterocycles. The average Bonchev–Trinajstić information content (AvgIpc) is 2.82. The molecule has 0 unspecified atom stereocenters. The normalized spacial score (nSPS) is 10.6. The lowest BCUT2D eigenvalue weighted by molar-refractivity contribution is 0.288. The summed E-state index contributed by atoms with van der Waals surface area (Å²) in [7, 11) is 0. The summed E-state index contributed by atoms with van der Waals surface area (Å²) in [5.41, 5.74) is 0.950. The Bertz CT molecular complexity index is 634. The van der Waals surface area contributed by atoms with Crippen LogP contribution < -0.4 is 9.47 Å². The molecule has 0 aliphatic heterocycles. The number of hydrogen-bond acceptors (Lipinski definition) is 4. The second kappa shape index (κ2) is 6.56. The first-order valence-electron chi connectivity index (χ1n) is 6.76. The van der Waals surface area contributed by atoms with Crippen molar-refractivity contribution in [2.75, 3.05) is 13.2 Å². The van der Waals surface area contributed by atoms with Gasteiger partial charge in [-0.15, -0.1) is 0 Å². The van der Waals surface area contributed by atoms with Crippen molar-refractivity contribution in [3.05, 3.63) is 23.0 Å². The molecule has 1 N–H and O–H groups in total. The van der Waals surface area contributed by atoms with Crippen LogP contribution in [0.1, 0.15) is 20.8 Å². The van der Waals surface area contributed by atoms with E-state index in [1.165, 1.54) is 0 Å². The van der Waals surface area contributed by atoms with Gasteiger partial charge in [0.25, 0.3) is 0 Å². The van der Waals surface area contributed by atoms with E-state index in [1.807, 2.05) is 43.5 Å². The van der Waals surface area contributed by atoms with Gasteiger partial charge in [-0.05, 0) is 51.2 Å². The number of H-pyrrole nitrogens is 1. The predicted molar refractivity (Wildman–Crippen MR) is 80.9 cm³/mol. The number of nitrogens with one attached hydrogen (secondary N) is 1. The van der Waals surface area contributed by atoms with Crippen molar-refractivity contribution in [1.29, 1.82) is 0 Å². The van der Waals surface area contributed by atoms with E-state index in [2.05, 4.69) is 10.2 Å². The van der Waals surface area contributed by atoms with Gasteiger partial charge in [0.2, 0.25) is 0 Å². The summed E-state index contributed by atoms with van der Waals surface area (Å²) in [5.74, 6) is 2.28. The van der Waals surface area contributed by atoms with Crippen LogP contribution >= 0.6 is 12.2 Å². The van der Waals surface area contributed by atoms with Crippen LogP contribution in [0.2, 0.25) is 0 Å². The van der Waals surface area contributed by atoms with E-state index >= 15 is 0 Å². The third kappa shape index (κ3) is 2.85. The Labute approximate surface area is 123 Å². The molecule has 2 aromatic rings. The molecule has 2 rings (SSSR count). The van der Waals surface area contributed by atoms with Crippen LogP contribution in [-0.4, -0.2) is 28.0 Å². The Morgan fingerprint density at radius 2 is 1.85 bits per heavy atom. The standard InChI is InChI=1S/C14H19N3O2S/c1-4-17-13(15-16-14(17)20)10-7-8-11(18-5-2)12(9-10)19-6-3/h7-9H,4-6H2,1-3H3,(H,16,20). The van der Waals surface area contributed by atoms with Crippen molar-refractivity contribution in [2.24, 2.45) is 0 Å². The minimum Gasteiger partial charge on any atom is -0.490 e. The molecule has 5 nitrogen and oxygen atoms in total. The number of hydrogen-bond donors (Lipinski definition) is 1. The summed E-state index contributed by atoms with van der Waals surface area (Å²) < 4.78 is 13.8. The van der Waals surface area contributed by atoms with Crippen molar-refractivity contribution in [1.82, 2.24) is 14.8 Å². The summed E-state index contributed by atoms with van der Waals surface area (Å²) in [6.07, 6.45) is 0. The summed E-state index contributed by atoms with van der Waals surface area (Å²) in [5, 5.41) is 7.10. The van der Waals surface area contributed by atoms with Crippen LogP contribution in [0.5, 0.6) is 11.5 Å². The first-order chi connectivity index (χ1) is 9.71. The van der Waals surface area contributed by atoms with Gasteiger partial charge in [0.1, 0.15) is 0 Å². The summed E-state index contributed by atoms with van der Waals surface area (Å²) in [4.78, 5) is 0. The monoisotopic (exact) mass is 293 g/mol. The van der Waals surface area contributed by atoms with E-state index in [1.54, 1.807) is 0 Å². The number of aromatic nitrogens is 3. The van der Waals surface area contributed by atoms with E-state index in [-0.39, 0.29) is 0 Å². The van der Waals surface area contributed by atoms with E-state index < -0.39 is 0 Å². The maximum Gasteiger partial charge on any atom is 0.195 e. The van der Waals surface area contributed by atoms with Gasteiger partial charge in [0.05, 0.1) is 13.2 Å². The fourth-order valence-corrected chi connectivity index (χ4v) is 2.28. The number of nitrogens with zero attached hydrogens (tertiary/aromatic N) is 2. The molecule has 0 aliphatic rings. The Balaban J connectivity index is 2.47. The zero-order valence-corrected chi connectivity index (χ0v) is 12.8. The number of rotatable bonds is 6. The van der Waals surface area contributed by atoms with Crippen molar-refractivity contribution >= 4 is 12.2 Å². The van der Waals surface area contributed by atoms with Crippen molar-refractivity contribution in [3.63, 3.8) is 0 Å². The quantitative estimate of drug-likeness (QED) is 0.829. The smallest absolute Gasteiger partial charge is 0.195 e. The first-order valence-corrected chi connectivity index (χ1v) is 7.17. The van der Waals surface area contributed by atoms with E-state index in [9.17, 15) is 0 Å². The fourth-order valence-electron chi connectivity index (χ4n) is 2.02. The molecule has 1 aromatic carbocycles. The van der Waals surface area contributed by atoms with Crippen LogP contribution in [0.4, 0.5) is 0 Å². The average molecular weight is 293 g/mol. The van der Waals surface area contributed by atoms with E-state index in [4.69, 9.17) is 21.7 Å². The number of aromatic amines is 1. The highest BCUT2D eigenvalue weighted by molar-refractivity contribution is 7.71. The van der Waals surface area contributed by atoms with Gasteiger partial charge < -0.3 is 14.0 Å². The molecule has 6 heteroatoms. The topological polar surface area (TPSA) is 52.1 Å². The highest BCUT2D eigenvalue weighted by Crippen LogP contribution is 2.32. The fraction of sp³-hybridized carbons (Fsp3) is 0.429. The van der Waals surface area contributed by atoms with Crippen LogP contribution in [-0.2, 0) is 6.54 Å². The highest BCUT2D eigenvalue weighted by Gasteiger charge is 2.12. The third-order valence-corrected chi connectivity index (χ3v) is 3.19. The van der Waals surface area contributed by atoms with Gasteiger partial charge in [-0.25, -0.2) is 0 Å². The van der Waals surface area contributed by atoms with Gasteiger partial charge in [-0.1, -0.05) is 0 Å². The highest BCUT2D eigenvalue weighted by atomic mass is 32.1. The minimum atomic E-state index is 0.587. The van der Waals surface area contributed by atoms with Crippen LogP contribution in [0.25, 0.3) is 11.4 Å². The van der Waals surface area contributed by atoms with Crippen molar-refractivity contribution < 1.29 is 9.47 Å². The minimum absolute atomic E-state index is 0.587. The molecule has 108 valence electrons. The Hall–Kier alpha value is -1.82. The van der Waals surface area contributed by atoms with Gasteiger partial charge in [-0.2, -0.15) is 5.10 Å². The van der Waals surface area contributed by atoms with Gasteiger partial charge in [0.15, 0.2) is 22.1 Å². The zero-order chi connectivity index (χ0) is 14.5. The van der Waals surface area contributed by atoms with Gasteiger partial charge in [-0.3, -0.25) is 5.10 Å². The lowest BCUT2D eigenvalue weighted by atomic mass is 10.2. The summed E-state index contributed by atoms with van der Waals surface area (Å²) >= 11 is 5.21. The van der Waals surface area contributed by atoms with Crippen LogP contribution in [0, 0.1) is 4.77 Å². The van der Waals surface area contributed by atoms with Crippen LogP contribution in [0.15, 0.2) is 18.2 Å². The van der Waals surface area contributed by atoms with Crippen LogP contribution in [0.3, 0.4) is 0 Å². The number of benzene rings is 1. The van der Waals surface area contributed by atoms with Gasteiger partial charge in [0, 0.05) is 12.1 Å². The predicted octanol–water partition coefficient (Wildman–Crippen LogP) is 3.42. The lowest BCUT2D eigenvalue weighted by Crippen LogP contribution is -2.01. The lowest BCUT2D eigenvalue weighted by Gasteiger charge is -2.12. The molecule has 0 aliphatic carbocycles. The SMILES string of the molecule is CCOc1ccc(-c2n[nH]c(=S)n2CC)cc1OCC. The molecule has 0 atom stereocenters. The maximum absolute atomic E-state index is 5.63. The van der Waals surface area contributed by atoms with Gasteiger partial charge >= 0.3 is 0 Å². The Kier molecular flexibility index (Phi) is 4.79. The molecule has 0 fully saturated rings. The molecule has 0 radical (unpaired) electrons. The Morgan fingerprint density at radius 1 is 1.15 bits per heavy atom. The van der Waals surface area contributed by atoms with Crippen molar-refractivity contribution in [3.8, 4) is 22.9 Å². The zero-order valence-electron chi connectivity index (χ0n) is 12.0. The Morgan fingerprint density at radius 3 is 2.50 bits per heavy atom. The molecule has 0 bridgehead atoms. The maximum atomic E-state index is 5.63. The molecule has 1 aromatic heterocycles. The van der Waals surface area contributed by atoms with E-state index in [0.29, 0.717) is 18.0 Å². The van der Waals surface area contributed by atoms with Crippen molar-refractivity contribution in [2.45, 2.75) is 27.3 Å². The second-order valence-corrected chi connectivity index (χ2v) is 4.51. The molecule has 0 amide bonds.